The summed E-state index contributed by atoms with van der Waals surface area (Å²) in [5.74, 6) is 0.959. The molecule has 1 aromatic carbocycles. The van der Waals surface area contributed by atoms with Crippen LogP contribution >= 0.6 is 0 Å². The fourth-order valence-corrected chi connectivity index (χ4v) is 2.32. The number of rotatable bonds is 6. The molecule has 2 rings (SSSR count). The molecule has 1 aromatic heterocycles. The number of benzene rings is 1. The highest BCUT2D eigenvalue weighted by molar-refractivity contribution is 5.76. The molecule has 0 radical (unpaired) electrons. The Morgan fingerprint density at radius 1 is 1.21 bits per heavy atom. The molecule has 7 heteroatoms. The number of carbonyl (C=O) groups excluding carboxylic acids is 1. The molecule has 2 aromatic rings. The van der Waals surface area contributed by atoms with Gasteiger partial charge in [0.05, 0.1) is 0 Å². The zero-order valence-electron chi connectivity index (χ0n) is 13.4. The minimum atomic E-state index is -4.75. The minimum absolute atomic E-state index is 0.0636. The fourth-order valence-electron chi connectivity index (χ4n) is 2.32. The van der Waals surface area contributed by atoms with Crippen molar-refractivity contribution in [2.75, 3.05) is 0 Å². The van der Waals surface area contributed by atoms with Crippen molar-refractivity contribution >= 4 is 5.91 Å². The largest absolute Gasteiger partial charge is 0.573 e. The van der Waals surface area contributed by atoms with Crippen LogP contribution in [0.4, 0.5) is 13.2 Å². The van der Waals surface area contributed by atoms with E-state index in [1.807, 2.05) is 13.0 Å². The highest BCUT2D eigenvalue weighted by Crippen LogP contribution is 2.27. The molecule has 4 nitrogen and oxygen atoms in total. The Bertz CT molecular complexity index is 707. The lowest BCUT2D eigenvalue weighted by molar-refractivity contribution is -0.274. The summed E-state index contributed by atoms with van der Waals surface area (Å²) in [6, 6.07) is 7.64. The molecule has 0 saturated carbocycles. The van der Waals surface area contributed by atoms with Gasteiger partial charge in [-0.15, -0.1) is 13.2 Å². The number of hydrogen-bond donors (Lipinski definition) is 1. The van der Waals surface area contributed by atoms with Crippen LogP contribution in [0.15, 0.2) is 34.7 Å². The molecular formula is C17H18F3NO3. The first-order chi connectivity index (χ1) is 11.2. The Morgan fingerprint density at radius 2 is 1.92 bits per heavy atom. The summed E-state index contributed by atoms with van der Waals surface area (Å²) in [5.41, 5.74) is 1.21. The standard InChI is InChI=1S/C17H18F3NO3/c1-11-9-14(12(2)23-11)10-21-16(22)8-7-13-5-3-4-6-15(13)24-17(18,19)20/h3-6,9H,7-8,10H2,1-2H3,(H,21,22). The molecule has 1 heterocycles. The number of halogens is 3. The van der Waals surface area contributed by atoms with E-state index in [1.54, 1.807) is 13.0 Å². The summed E-state index contributed by atoms with van der Waals surface area (Å²) >= 11 is 0. The molecule has 0 fully saturated rings. The number of para-hydroxylation sites is 1. The fraction of sp³-hybridized carbons (Fsp3) is 0.353. The Balaban J connectivity index is 1.89. The molecule has 0 aliphatic heterocycles. The second kappa shape index (κ2) is 7.42. The summed E-state index contributed by atoms with van der Waals surface area (Å²) < 4.78 is 46.4. The summed E-state index contributed by atoms with van der Waals surface area (Å²) in [5, 5.41) is 2.73. The van der Waals surface area contributed by atoms with Crippen molar-refractivity contribution in [2.24, 2.45) is 0 Å². The van der Waals surface area contributed by atoms with E-state index < -0.39 is 6.36 Å². The maximum atomic E-state index is 12.4. The second-order valence-electron chi connectivity index (χ2n) is 5.37. The van der Waals surface area contributed by atoms with E-state index in [4.69, 9.17) is 4.42 Å². The van der Waals surface area contributed by atoms with Crippen LogP contribution in [0, 0.1) is 13.8 Å². The number of alkyl halides is 3. The summed E-state index contributed by atoms with van der Waals surface area (Å²) in [6.07, 6.45) is -4.54. The second-order valence-corrected chi connectivity index (χ2v) is 5.37. The number of amides is 1. The van der Waals surface area contributed by atoms with Crippen LogP contribution < -0.4 is 10.1 Å². The zero-order chi connectivity index (χ0) is 17.7. The lowest BCUT2D eigenvalue weighted by atomic mass is 10.1. The van der Waals surface area contributed by atoms with Gasteiger partial charge in [-0.2, -0.15) is 0 Å². The van der Waals surface area contributed by atoms with Crippen LogP contribution in [0.1, 0.15) is 29.1 Å². The van der Waals surface area contributed by atoms with Gasteiger partial charge in [-0.1, -0.05) is 18.2 Å². The van der Waals surface area contributed by atoms with Crippen molar-refractivity contribution in [2.45, 2.75) is 39.6 Å². The van der Waals surface area contributed by atoms with Crippen LogP contribution in [0.5, 0.6) is 5.75 Å². The third-order valence-corrected chi connectivity index (χ3v) is 3.44. The van der Waals surface area contributed by atoms with Gasteiger partial charge < -0.3 is 14.5 Å². The monoisotopic (exact) mass is 341 g/mol. The van der Waals surface area contributed by atoms with Crippen LogP contribution in [0.25, 0.3) is 0 Å². The molecule has 130 valence electrons. The maximum absolute atomic E-state index is 12.4. The lowest BCUT2D eigenvalue weighted by Crippen LogP contribution is -2.23. The van der Waals surface area contributed by atoms with Gasteiger partial charge in [0.2, 0.25) is 5.91 Å². The number of aryl methyl sites for hydroxylation is 3. The number of carbonyl (C=O) groups is 1. The molecule has 0 atom stereocenters. The average molecular weight is 341 g/mol. The van der Waals surface area contributed by atoms with Crippen molar-refractivity contribution in [1.29, 1.82) is 0 Å². The number of ether oxygens (including phenoxy) is 1. The van der Waals surface area contributed by atoms with E-state index in [0.29, 0.717) is 12.1 Å². The molecule has 0 unspecified atom stereocenters. The predicted molar refractivity (Wildman–Crippen MR) is 81.5 cm³/mol. The third kappa shape index (κ3) is 5.33. The maximum Gasteiger partial charge on any atom is 0.573 e. The Morgan fingerprint density at radius 3 is 2.54 bits per heavy atom. The topological polar surface area (TPSA) is 51.5 Å². The average Bonchev–Trinajstić information content (AvgIpc) is 2.80. The molecule has 0 aliphatic carbocycles. The van der Waals surface area contributed by atoms with Gasteiger partial charge in [0.25, 0.3) is 0 Å². The highest BCUT2D eigenvalue weighted by Gasteiger charge is 2.31. The van der Waals surface area contributed by atoms with Crippen molar-refractivity contribution in [1.82, 2.24) is 5.32 Å². The van der Waals surface area contributed by atoms with Gasteiger partial charge in [-0.25, -0.2) is 0 Å². The van der Waals surface area contributed by atoms with Crippen molar-refractivity contribution in [3.05, 3.63) is 53.0 Å². The molecule has 24 heavy (non-hydrogen) atoms. The molecule has 0 aliphatic rings. The van der Waals surface area contributed by atoms with Gasteiger partial charge in [0.15, 0.2) is 0 Å². The Labute approximate surface area is 137 Å². The highest BCUT2D eigenvalue weighted by atomic mass is 19.4. The molecule has 0 saturated heterocycles. The normalized spacial score (nSPS) is 11.4. The van der Waals surface area contributed by atoms with E-state index in [0.717, 1.165) is 17.1 Å². The summed E-state index contributed by atoms with van der Waals surface area (Å²) in [6.45, 7) is 3.94. The Kier molecular flexibility index (Phi) is 5.54. The first-order valence-electron chi connectivity index (χ1n) is 7.41. The molecule has 1 amide bonds. The smallest absolute Gasteiger partial charge is 0.466 e. The molecular weight excluding hydrogens is 323 g/mol. The van der Waals surface area contributed by atoms with Crippen molar-refractivity contribution in [3.63, 3.8) is 0 Å². The summed E-state index contributed by atoms with van der Waals surface area (Å²) in [7, 11) is 0. The lowest BCUT2D eigenvalue weighted by Gasteiger charge is -2.13. The van der Waals surface area contributed by atoms with Gasteiger partial charge in [0, 0.05) is 18.5 Å². The van der Waals surface area contributed by atoms with Crippen LogP contribution in [-0.4, -0.2) is 12.3 Å². The van der Waals surface area contributed by atoms with Gasteiger partial charge in [-0.05, 0) is 38.0 Å². The predicted octanol–water partition coefficient (Wildman–Crippen LogP) is 4.04. The van der Waals surface area contributed by atoms with Gasteiger partial charge >= 0.3 is 6.36 Å². The minimum Gasteiger partial charge on any atom is -0.466 e. The van der Waals surface area contributed by atoms with E-state index >= 15 is 0 Å². The first-order valence-corrected chi connectivity index (χ1v) is 7.41. The first kappa shape index (κ1) is 17.9. The Hall–Kier alpha value is -2.44. The van der Waals surface area contributed by atoms with E-state index in [2.05, 4.69) is 10.1 Å². The van der Waals surface area contributed by atoms with E-state index in [1.165, 1.54) is 18.2 Å². The number of nitrogens with one attached hydrogen (secondary N) is 1. The van der Waals surface area contributed by atoms with E-state index in [-0.39, 0.29) is 24.5 Å². The SMILES string of the molecule is Cc1cc(CNC(=O)CCc2ccccc2OC(F)(F)F)c(C)o1. The molecule has 0 bridgehead atoms. The molecule has 0 spiro atoms. The quantitative estimate of drug-likeness (QED) is 0.863. The zero-order valence-corrected chi connectivity index (χ0v) is 13.4. The van der Waals surface area contributed by atoms with Crippen LogP contribution in [0.3, 0.4) is 0 Å². The third-order valence-electron chi connectivity index (χ3n) is 3.44. The summed E-state index contributed by atoms with van der Waals surface area (Å²) in [4.78, 5) is 11.9. The van der Waals surface area contributed by atoms with Gasteiger partial charge in [0.1, 0.15) is 17.3 Å². The van der Waals surface area contributed by atoms with Crippen LogP contribution in [0.2, 0.25) is 0 Å². The van der Waals surface area contributed by atoms with Crippen molar-refractivity contribution < 1.29 is 27.1 Å². The number of furan rings is 1. The van der Waals surface area contributed by atoms with E-state index in [9.17, 15) is 18.0 Å². The number of hydrogen-bond acceptors (Lipinski definition) is 3. The van der Waals surface area contributed by atoms with Crippen molar-refractivity contribution in [3.8, 4) is 5.75 Å². The molecule has 1 N–H and O–H groups in total. The van der Waals surface area contributed by atoms with Crippen LogP contribution in [-0.2, 0) is 17.8 Å². The van der Waals surface area contributed by atoms with Gasteiger partial charge in [-0.3, -0.25) is 4.79 Å².